The molecular weight excluding hydrogens is 290 g/mol. The highest BCUT2D eigenvalue weighted by molar-refractivity contribution is 5.84. The lowest BCUT2D eigenvalue weighted by molar-refractivity contribution is 0.111. The Bertz CT molecular complexity index is 868. The summed E-state index contributed by atoms with van der Waals surface area (Å²) in [6, 6.07) is 13.6. The largest absolute Gasteiger partial charge is 0.497 e. The van der Waals surface area contributed by atoms with Crippen LogP contribution >= 0.6 is 0 Å². The van der Waals surface area contributed by atoms with Crippen LogP contribution in [0, 0.1) is 13.8 Å². The number of benzene rings is 2. The first-order valence-electron chi connectivity index (χ1n) is 7.27. The maximum Gasteiger partial charge on any atom is 0.172 e. The van der Waals surface area contributed by atoms with Crippen molar-refractivity contribution >= 4 is 6.29 Å². The molecule has 1 heterocycles. The van der Waals surface area contributed by atoms with Gasteiger partial charge in [0.2, 0.25) is 0 Å². The number of rotatable bonds is 4. The summed E-state index contributed by atoms with van der Waals surface area (Å²) in [5, 5.41) is 8.20. The van der Waals surface area contributed by atoms with E-state index in [9.17, 15) is 4.79 Å². The van der Waals surface area contributed by atoms with Crippen molar-refractivity contribution in [2.24, 2.45) is 0 Å². The third kappa shape index (κ3) is 2.73. The Balaban J connectivity index is 2.25. The van der Waals surface area contributed by atoms with Crippen molar-refractivity contribution < 1.29 is 9.53 Å². The van der Waals surface area contributed by atoms with Crippen LogP contribution in [0.3, 0.4) is 0 Å². The molecule has 0 aliphatic carbocycles. The van der Waals surface area contributed by atoms with Crippen LogP contribution < -0.4 is 4.74 Å². The van der Waals surface area contributed by atoms with Crippen molar-refractivity contribution in [2.45, 2.75) is 13.8 Å². The SMILES string of the molecule is COc1cccc(-c2c(C=O)nnn2-c2cc(C)ccc2C)c1. The molecule has 0 saturated carbocycles. The fraction of sp³-hybridized carbons (Fsp3) is 0.167. The van der Waals surface area contributed by atoms with Gasteiger partial charge in [0.05, 0.1) is 12.8 Å². The minimum absolute atomic E-state index is 0.305. The summed E-state index contributed by atoms with van der Waals surface area (Å²) < 4.78 is 6.99. The van der Waals surface area contributed by atoms with Crippen LogP contribution in [0.15, 0.2) is 42.5 Å². The average molecular weight is 307 g/mol. The summed E-state index contributed by atoms with van der Waals surface area (Å²) in [6.45, 7) is 4.03. The number of ether oxygens (including phenoxy) is 1. The van der Waals surface area contributed by atoms with E-state index in [1.165, 1.54) is 0 Å². The predicted octanol–water partition coefficient (Wildman–Crippen LogP) is 3.37. The number of carbonyl (C=O) groups excluding carboxylic acids is 1. The van der Waals surface area contributed by atoms with E-state index in [-0.39, 0.29) is 0 Å². The first-order chi connectivity index (χ1) is 11.1. The van der Waals surface area contributed by atoms with E-state index >= 15 is 0 Å². The molecule has 5 heteroatoms. The molecule has 0 saturated heterocycles. The molecule has 3 aromatic rings. The summed E-state index contributed by atoms with van der Waals surface area (Å²) >= 11 is 0. The van der Waals surface area contributed by atoms with Crippen LogP contribution in [0.25, 0.3) is 16.9 Å². The normalized spacial score (nSPS) is 10.6. The molecule has 0 atom stereocenters. The van der Waals surface area contributed by atoms with Gasteiger partial charge in [-0.3, -0.25) is 4.79 Å². The van der Waals surface area contributed by atoms with Crippen LogP contribution in [-0.2, 0) is 0 Å². The van der Waals surface area contributed by atoms with Crippen molar-refractivity contribution in [3.05, 3.63) is 59.3 Å². The van der Waals surface area contributed by atoms with E-state index in [4.69, 9.17) is 4.74 Å². The lowest BCUT2D eigenvalue weighted by Gasteiger charge is -2.11. The van der Waals surface area contributed by atoms with Gasteiger partial charge in [-0.25, -0.2) is 4.68 Å². The van der Waals surface area contributed by atoms with Gasteiger partial charge in [0.15, 0.2) is 12.0 Å². The fourth-order valence-electron chi connectivity index (χ4n) is 2.53. The number of nitrogens with zero attached hydrogens (tertiary/aromatic N) is 3. The quantitative estimate of drug-likeness (QED) is 0.693. The number of carbonyl (C=O) groups is 1. The van der Waals surface area contributed by atoms with Crippen LogP contribution in [0.2, 0.25) is 0 Å². The van der Waals surface area contributed by atoms with Crippen molar-refractivity contribution in [1.29, 1.82) is 0 Å². The van der Waals surface area contributed by atoms with E-state index < -0.39 is 0 Å². The zero-order chi connectivity index (χ0) is 16.4. The highest BCUT2D eigenvalue weighted by atomic mass is 16.5. The lowest BCUT2D eigenvalue weighted by Crippen LogP contribution is -2.03. The molecule has 0 bridgehead atoms. The van der Waals surface area contributed by atoms with Gasteiger partial charge in [0.25, 0.3) is 0 Å². The van der Waals surface area contributed by atoms with Gasteiger partial charge < -0.3 is 4.74 Å². The van der Waals surface area contributed by atoms with E-state index in [1.807, 2.05) is 56.3 Å². The molecule has 2 aromatic carbocycles. The first-order valence-corrected chi connectivity index (χ1v) is 7.27. The second kappa shape index (κ2) is 6.04. The first kappa shape index (κ1) is 15.0. The van der Waals surface area contributed by atoms with Gasteiger partial charge in [-0.15, -0.1) is 5.10 Å². The summed E-state index contributed by atoms with van der Waals surface area (Å²) in [4.78, 5) is 11.4. The van der Waals surface area contributed by atoms with Crippen LogP contribution in [0.1, 0.15) is 21.6 Å². The van der Waals surface area contributed by atoms with Crippen LogP contribution in [-0.4, -0.2) is 28.4 Å². The molecule has 3 rings (SSSR count). The fourth-order valence-corrected chi connectivity index (χ4v) is 2.53. The van der Waals surface area contributed by atoms with Crippen molar-refractivity contribution in [2.75, 3.05) is 7.11 Å². The van der Waals surface area contributed by atoms with Gasteiger partial charge in [-0.1, -0.05) is 29.5 Å². The third-order valence-corrected chi connectivity index (χ3v) is 3.74. The van der Waals surface area contributed by atoms with Gasteiger partial charge >= 0.3 is 0 Å². The second-order valence-electron chi connectivity index (χ2n) is 5.37. The lowest BCUT2D eigenvalue weighted by atomic mass is 10.1. The molecule has 0 aliphatic heterocycles. The monoisotopic (exact) mass is 307 g/mol. The maximum absolute atomic E-state index is 11.4. The molecule has 0 radical (unpaired) electrons. The molecule has 0 amide bonds. The summed E-state index contributed by atoms with van der Waals surface area (Å²) in [5.74, 6) is 0.716. The van der Waals surface area contributed by atoms with E-state index in [2.05, 4.69) is 10.3 Å². The van der Waals surface area contributed by atoms with Crippen molar-refractivity contribution in [1.82, 2.24) is 15.0 Å². The van der Waals surface area contributed by atoms with Gasteiger partial charge in [-0.2, -0.15) is 0 Å². The maximum atomic E-state index is 11.4. The zero-order valence-corrected chi connectivity index (χ0v) is 13.3. The Labute approximate surface area is 134 Å². The van der Waals surface area contributed by atoms with E-state index in [0.29, 0.717) is 17.1 Å². The number of methoxy groups -OCH3 is 1. The predicted molar refractivity (Wildman–Crippen MR) is 88.2 cm³/mol. The number of aldehydes is 1. The Morgan fingerprint density at radius 2 is 1.96 bits per heavy atom. The molecular formula is C18H17N3O2. The smallest absolute Gasteiger partial charge is 0.172 e. The van der Waals surface area contributed by atoms with Crippen molar-refractivity contribution in [3.8, 4) is 22.7 Å². The Hall–Kier alpha value is -2.95. The number of hydrogen-bond acceptors (Lipinski definition) is 4. The van der Waals surface area contributed by atoms with E-state index in [0.717, 1.165) is 28.7 Å². The number of aryl methyl sites for hydroxylation is 2. The Morgan fingerprint density at radius 1 is 1.13 bits per heavy atom. The van der Waals surface area contributed by atoms with E-state index in [1.54, 1.807) is 11.8 Å². The standard InChI is InChI=1S/C18H17N3O2/c1-12-7-8-13(2)17(9-12)21-18(16(11-22)19-20-21)14-5-4-6-15(10-14)23-3/h4-11H,1-3H3. The number of hydrogen-bond donors (Lipinski definition) is 0. The van der Waals surface area contributed by atoms with Gasteiger partial charge in [0, 0.05) is 5.56 Å². The van der Waals surface area contributed by atoms with Crippen LogP contribution in [0.4, 0.5) is 0 Å². The summed E-state index contributed by atoms with van der Waals surface area (Å²) in [5.41, 5.74) is 4.87. The third-order valence-electron chi connectivity index (χ3n) is 3.74. The average Bonchev–Trinajstić information content (AvgIpc) is 3.01. The van der Waals surface area contributed by atoms with Gasteiger partial charge in [0.1, 0.15) is 11.4 Å². The Morgan fingerprint density at radius 3 is 2.70 bits per heavy atom. The topological polar surface area (TPSA) is 57.0 Å². The highest BCUT2D eigenvalue weighted by Crippen LogP contribution is 2.28. The molecule has 0 N–H and O–H groups in total. The molecule has 116 valence electrons. The molecule has 0 aliphatic rings. The Kier molecular flexibility index (Phi) is 3.93. The molecule has 1 aromatic heterocycles. The molecule has 0 unspecified atom stereocenters. The molecule has 5 nitrogen and oxygen atoms in total. The van der Waals surface area contributed by atoms with Crippen molar-refractivity contribution in [3.63, 3.8) is 0 Å². The second-order valence-corrected chi connectivity index (χ2v) is 5.37. The number of aromatic nitrogens is 3. The highest BCUT2D eigenvalue weighted by Gasteiger charge is 2.17. The minimum atomic E-state index is 0.305. The summed E-state index contributed by atoms with van der Waals surface area (Å²) in [6.07, 6.45) is 0.726. The minimum Gasteiger partial charge on any atom is -0.497 e. The summed E-state index contributed by atoms with van der Waals surface area (Å²) in [7, 11) is 1.61. The zero-order valence-electron chi connectivity index (χ0n) is 13.3. The van der Waals surface area contributed by atoms with Gasteiger partial charge in [-0.05, 0) is 43.2 Å². The van der Waals surface area contributed by atoms with Crippen LogP contribution in [0.5, 0.6) is 5.75 Å². The molecule has 0 fully saturated rings. The molecule has 0 spiro atoms. The molecule has 23 heavy (non-hydrogen) atoms.